The molecule has 0 fully saturated rings. The van der Waals surface area contributed by atoms with Gasteiger partial charge in [0.05, 0.1) is 21.8 Å². The zero-order chi connectivity index (χ0) is 23.8. The fraction of sp³-hybridized carbons (Fsp3) is 0.154. The van der Waals surface area contributed by atoms with E-state index in [2.05, 4.69) is 34.0 Å². The van der Waals surface area contributed by atoms with Gasteiger partial charge in [0.1, 0.15) is 5.82 Å². The van der Waals surface area contributed by atoms with E-state index in [9.17, 15) is 14.4 Å². The maximum Gasteiger partial charge on any atom is 0.262 e. The molecule has 0 spiro atoms. The minimum Gasteiger partial charge on any atom is -0.490 e. The van der Waals surface area contributed by atoms with Crippen LogP contribution in [0.4, 0.5) is 10.1 Å². The van der Waals surface area contributed by atoms with Gasteiger partial charge < -0.3 is 14.8 Å². The minimum atomic E-state index is -0.468. The molecule has 33 heavy (non-hydrogen) atoms. The number of allylic oxidation sites excluding steroid dienone is 1. The van der Waals surface area contributed by atoms with E-state index in [-0.39, 0.29) is 23.7 Å². The molecule has 0 aliphatic heterocycles. The van der Waals surface area contributed by atoms with E-state index in [1.165, 1.54) is 6.07 Å². The molecule has 3 aromatic carbocycles. The van der Waals surface area contributed by atoms with Crippen LogP contribution in [0.15, 0.2) is 60.7 Å². The molecule has 7 heteroatoms. The number of nitriles is 1. The molecule has 0 saturated carbocycles. The number of carbonyl (C=O) groups is 1. The molecule has 0 aromatic heterocycles. The predicted molar refractivity (Wildman–Crippen MR) is 136 cm³/mol. The van der Waals surface area contributed by atoms with Crippen molar-refractivity contribution in [1.29, 1.82) is 5.26 Å². The van der Waals surface area contributed by atoms with Crippen LogP contribution >= 0.6 is 22.6 Å². The largest absolute Gasteiger partial charge is 0.490 e. The molecule has 0 aliphatic carbocycles. The Labute approximate surface area is 206 Å². The van der Waals surface area contributed by atoms with Gasteiger partial charge >= 0.3 is 0 Å². The lowest BCUT2D eigenvalue weighted by Crippen LogP contribution is -2.20. The topological polar surface area (TPSA) is 71.3 Å². The van der Waals surface area contributed by atoms with Crippen LogP contribution in [0.1, 0.15) is 23.6 Å². The van der Waals surface area contributed by atoms with Gasteiger partial charge in [0.2, 0.25) is 0 Å². The highest BCUT2D eigenvalue weighted by molar-refractivity contribution is 14.1. The summed E-state index contributed by atoms with van der Waals surface area (Å²) < 4.78 is 26.3. The summed E-state index contributed by atoms with van der Waals surface area (Å²) in [4.78, 5) is 12.3. The number of nitrogens with zero attached hydrogens (tertiary/aromatic N) is 1. The van der Waals surface area contributed by atoms with E-state index in [4.69, 9.17) is 9.47 Å². The van der Waals surface area contributed by atoms with Crippen LogP contribution in [0.25, 0.3) is 11.6 Å². The summed E-state index contributed by atoms with van der Waals surface area (Å²) in [6.07, 6.45) is 1.59. The molecule has 0 atom stereocenters. The number of ether oxygens (including phenoxy) is 2. The molecule has 5 nitrogen and oxygen atoms in total. The van der Waals surface area contributed by atoms with Crippen molar-refractivity contribution >= 4 is 45.8 Å². The van der Waals surface area contributed by atoms with Gasteiger partial charge in [-0.25, -0.2) is 4.39 Å². The van der Waals surface area contributed by atoms with Gasteiger partial charge in [-0.2, -0.15) is 5.26 Å². The standard InChI is InChI=1S/C26H22FIN2O3/c1-3-32-24-14-18(12-19(15-29)21-6-4-5-7-22(21)27)13-23(28)26(24)33-16-25(31)30-20-10-8-17(2)9-11-20/h4-14H,3,16H2,1-2H3,(H,30,31)/b19-12-. The number of amides is 1. The van der Waals surface area contributed by atoms with Crippen LogP contribution in [-0.2, 0) is 4.79 Å². The van der Waals surface area contributed by atoms with Crippen LogP contribution in [-0.4, -0.2) is 19.1 Å². The molecule has 0 bridgehead atoms. The average Bonchev–Trinajstić information content (AvgIpc) is 2.79. The van der Waals surface area contributed by atoms with Crippen molar-refractivity contribution in [2.75, 3.05) is 18.5 Å². The summed E-state index contributed by atoms with van der Waals surface area (Å²) >= 11 is 2.08. The number of aryl methyl sites for hydroxylation is 1. The zero-order valence-electron chi connectivity index (χ0n) is 18.2. The van der Waals surface area contributed by atoms with Gasteiger partial charge in [-0.05, 0) is 78.4 Å². The summed E-state index contributed by atoms with van der Waals surface area (Å²) in [5.41, 5.74) is 2.85. The SMILES string of the molecule is CCOc1cc(/C=C(/C#N)c2ccccc2F)cc(I)c1OCC(=O)Nc1ccc(C)cc1. The summed E-state index contributed by atoms with van der Waals surface area (Å²) in [6.45, 7) is 4.00. The molecule has 0 heterocycles. The number of hydrogen-bond acceptors (Lipinski definition) is 4. The molecule has 0 unspecified atom stereocenters. The lowest BCUT2D eigenvalue weighted by molar-refractivity contribution is -0.118. The van der Waals surface area contributed by atoms with E-state index >= 15 is 0 Å². The molecule has 3 rings (SSSR count). The second kappa shape index (κ2) is 11.5. The van der Waals surface area contributed by atoms with E-state index in [0.29, 0.717) is 32.9 Å². The molecule has 168 valence electrons. The molecule has 3 aromatic rings. The first-order chi connectivity index (χ1) is 15.9. The van der Waals surface area contributed by atoms with E-state index < -0.39 is 5.82 Å². The first kappa shape index (κ1) is 24.3. The Hall–Kier alpha value is -3.38. The number of rotatable bonds is 8. The smallest absolute Gasteiger partial charge is 0.262 e. The summed E-state index contributed by atoms with van der Waals surface area (Å²) in [5, 5.41) is 12.3. The monoisotopic (exact) mass is 556 g/mol. The number of hydrogen-bond donors (Lipinski definition) is 1. The Morgan fingerprint density at radius 2 is 1.88 bits per heavy atom. The fourth-order valence-electron chi connectivity index (χ4n) is 3.06. The van der Waals surface area contributed by atoms with Crippen LogP contribution in [0.2, 0.25) is 0 Å². The van der Waals surface area contributed by atoms with Crippen molar-refractivity contribution in [1.82, 2.24) is 0 Å². The Morgan fingerprint density at radius 1 is 1.15 bits per heavy atom. The van der Waals surface area contributed by atoms with Gasteiger partial charge in [0.25, 0.3) is 5.91 Å². The van der Waals surface area contributed by atoms with Gasteiger partial charge in [0.15, 0.2) is 18.1 Å². The van der Waals surface area contributed by atoms with Crippen LogP contribution in [0.3, 0.4) is 0 Å². The van der Waals surface area contributed by atoms with Crippen LogP contribution < -0.4 is 14.8 Å². The van der Waals surface area contributed by atoms with Gasteiger partial charge in [-0.3, -0.25) is 4.79 Å². The highest BCUT2D eigenvalue weighted by Gasteiger charge is 2.15. The molecule has 0 aliphatic rings. The van der Waals surface area contributed by atoms with E-state index in [1.54, 1.807) is 36.4 Å². The Balaban J connectivity index is 1.82. The van der Waals surface area contributed by atoms with Crippen molar-refractivity contribution in [3.8, 4) is 17.6 Å². The number of benzene rings is 3. The van der Waals surface area contributed by atoms with Gasteiger partial charge in [-0.15, -0.1) is 0 Å². The second-order valence-electron chi connectivity index (χ2n) is 7.12. The van der Waals surface area contributed by atoms with E-state index in [0.717, 1.165) is 5.56 Å². The lowest BCUT2D eigenvalue weighted by atomic mass is 10.0. The lowest BCUT2D eigenvalue weighted by Gasteiger charge is -2.15. The summed E-state index contributed by atoms with van der Waals surface area (Å²) in [7, 11) is 0. The van der Waals surface area contributed by atoms with Crippen molar-refractivity contribution in [2.45, 2.75) is 13.8 Å². The second-order valence-corrected chi connectivity index (χ2v) is 8.28. The zero-order valence-corrected chi connectivity index (χ0v) is 20.4. The third-order valence-corrected chi connectivity index (χ3v) is 5.41. The molecule has 0 radical (unpaired) electrons. The molecule has 1 amide bonds. The van der Waals surface area contributed by atoms with E-state index in [1.807, 2.05) is 38.1 Å². The van der Waals surface area contributed by atoms with Crippen molar-refractivity contribution in [3.63, 3.8) is 0 Å². The molecular weight excluding hydrogens is 534 g/mol. The maximum atomic E-state index is 14.1. The molecule has 1 N–H and O–H groups in total. The number of halogens is 2. The Kier molecular flexibility index (Phi) is 8.44. The summed E-state index contributed by atoms with van der Waals surface area (Å²) in [6, 6.07) is 19.1. The number of carbonyl (C=O) groups excluding carboxylic acids is 1. The first-order valence-electron chi connectivity index (χ1n) is 10.2. The van der Waals surface area contributed by atoms with Crippen molar-refractivity contribution < 1.29 is 18.7 Å². The van der Waals surface area contributed by atoms with Crippen LogP contribution in [0, 0.1) is 27.6 Å². The first-order valence-corrected chi connectivity index (χ1v) is 11.3. The van der Waals surface area contributed by atoms with Crippen molar-refractivity contribution in [2.24, 2.45) is 0 Å². The number of nitrogens with one attached hydrogen (secondary N) is 1. The molecule has 0 saturated heterocycles. The quantitative estimate of drug-likeness (QED) is 0.203. The molecular formula is C26H22FIN2O3. The van der Waals surface area contributed by atoms with Gasteiger partial charge in [-0.1, -0.05) is 35.9 Å². The normalized spacial score (nSPS) is 10.9. The Bertz CT molecular complexity index is 1220. The van der Waals surface area contributed by atoms with Gasteiger partial charge in [0, 0.05) is 11.3 Å². The third kappa shape index (κ3) is 6.56. The third-order valence-electron chi connectivity index (χ3n) is 4.61. The Morgan fingerprint density at radius 3 is 2.55 bits per heavy atom. The van der Waals surface area contributed by atoms with Crippen molar-refractivity contribution in [3.05, 3.63) is 86.7 Å². The summed E-state index contributed by atoms with van der Waals surface area (Å²) in [5.74, 6) is 0.0969. The average molecular weight is 556 g/mol. The maximum absolute atomic E-state index is 14.1. The van der Waals surface area contributed by atoms with Crippen LogP contribution in [0.5, 0.6) is 11.5 Å². The highest BCUT2D eigenvalue weighted by Crippen LogP contribution is 2.35. The fourth-order valence-corrected chi connectivity index (χ4v) is 3.84. The minimum absolute atomic E-state index is 0.192. The highest BCUT2D eigenvalue weighted by atomic mass is 127. The number of anilines is 1. The predicted octanol–water partition coefficient (Wildman–Crippen LogP) is 6.22.